The van der Waals surface area contributed by atoms with Gasteiger partial charge in [-0.1, -0.05) is 0 Å². The molecule has 118 valence electrons. The molecule has 0 saturated carbocycles. The molecule has 1 saturated heterocycles. The summed E-state index contributed by atoms with van der Waals surface area (Å²) in [5, 5.41) is 12.3. The van der Waals surface area contributed by atoms with E-state index in [-0.39, 0.29) is 6.61 Å². The number of hydrogen-bond acceptors (Lipinski definition) is 6. The highest BCUT2D eigenvalue weighted by molar-refractivity contribution is 5.50. The van der Waals surface area contributed by atoms with Gasteiger partial charge < -0.3 is 20.2 Å². The molecule has 1 aromatic rings. The minimum Gasteiger partial charge on any atom is -0.395 e. The lowest BCUT2D eigenvalue weighted by atomic mass is 10.2. The van der Waals surface area contributed by atoms with E-state index in [1.807, 2.05) is 14.0 Å². The summed E-state index contributed by atoms with van der Waals surface area (Å²) in [7, 11) is 2.01. The van der Waals surface area contributed by atoms with Crippen LogP contribution in [0.3, 0.4) is 0 Å². The van der Waals surface area contributed by atoms with Crippen molar-refractivity contribution in [2.45, 2.75) is 26.7 Å². The molecule has 0 amide bonds. The molecule has 0 spiro atoms. The van der Waals surface area contributed by atoms with Gasteiger partial charge in [-0.25, -0.2) is 4.98 Å². The molecule has 2 N–H and O–H groups in total. The highest BCUT2D eigenvalue weighted by Gasteiger charge is 2.17. The lowest BCUT2D eigenvalue weighted by Gasteiger charge is -2.20. The number of likely N-dealkylation sites (N-methyl/N-ethyl adjacent to an activating group) is 1. The molecule has 0 radical (unpaired) electrons. The molecule has 0 aromatic carbocycles. The van der Waals surface area contributed by atoms with Crippen LogP contribution in [0.5, 0.6) is 0 Å². The Bertz CT molecular complexity index is 460. The van der Waals surface area contributed by atoms with Crippen LogP contribution in [0, 0.1) is 13.8 Å². The van der Waals surface area contributed by atoms with E-state index in [2.05, 4.69) is 27.0 Å². The highest BCUT2D eigenvalue weighted by atomic mass is 16.3. The van der Waals surface area contributed by atoms with Crippen molar-refractivity contribution in [2.24, 2.45) is 0 Å². The summed E-state index contributed by atoms with van der Waals surface area (Å²) in [6.07, 6.45) is 2.45. The molecular weight excluding hydrogens is 266 g/mol. The predicted molar refractivity (Wildman–Crippen MR) is 86.0 cm³/mol. The van der Waals surface area contributed by atoms with Crippen molar-refractivity contribution >= 4 is 11.8 Å². The van der Waals surface area contributed by atoms with Crippen LogP contribution >= 0.6 is 0 Å². The summed E-state index contributed by atoms with van der Waals surface area (Å²) in [4.78, 5) is 13.7. The van der Waals surface area contributed by atoms with Gasteiger partial charge in [0.2, 0.25) is 5.95 Å². The van der Waals surface area contributed by atoms with Crippen LogP contribution in [0.1, 0.15) is 24.1 Å². The fourth-order valence-electron chi connectivity index (χ4n) is 2.49. The first-order valence-corrected chi connectivity index (χ1v) is 7.75. The van der Waals surface area contributed by atoms with Crippen LogP contribution in [-0.2, 0) is 0 Å². The maximum Gasteiger partial charge on any atom is 0.227 e. The minimum atomic E-state index is 0.196. The number of aliphatic hydroxyl groups is 1. The van der Waals surface area contributed by atoms with Gasteiger partial charge in [-0.2, -0.15) is 4.98 Å². The van der Waals surface area contributed by atoms with E-state index in [1.54, 1.807) is 0 Å². The summed E-state index contributed by atoms with van der Waals surface area (Å²) in [6.45, 7) is 8.80. The Morgan fingerprint density at radius 3 is 2.57 bits per heavy atom. The van der Waals surface area contributed by atoms with E-state index in [1.165, 1.54) is 12.8 Å². The van der Waals surface area contributed by atoms with E-state index >= 15 is 0 Å². The van der Waals surface area contributed by atoms with Crippen molar-refractivity contribution in [1.29, 1.82) is 0 Å². The summed E-state index contributed by atoms with van der Waals surface area (Å²) < 4.78 is 0. The monoisotopic (exact) mass is 293 g/mol. The molecule has 0 atom stereocenters. The number of anilines is 2. The highest BCUT2D eigenvalue weighted by Crippen LogP contribution is 2.21. The van der Waals surface area contributed by atoms with Crippen molar-refractivity contribution in [1.82, 2.24) is 14.9 Å². The lowest BCUT2D eigenvalue weighted by Crippen LogP contribution is -2.28. The quantitative estimate of drug-likeness (QED) is 0.783. The van der Waals surface area contributed by atoms with Crippen molar-refractivity contribution in [3.63, 3.8) is 0 Å². The van der Waals surface area contributed by atoms with Gasteiger partial charge >= 0.3 is 0 Å². The standard InChI is InChI=1S/C15H27N5O/c1-12-13(2)17-15(20-7-4-5-8-20)18-14(12)16-6-9-19(3)10-11-21/h21H,4-11H2,1-3H3,(H,16,17,18). The summed E-state index contributed by atoms with van der Waals surface area (Å²) >= 11 is 0. The van der Waals surface area contributed by atoms with Gasteiger partial charge in [0.25, 0.3) is 0 Å². The zero-order valence-electron chi connectivity index (χ0n) is 13.4. The second-order valence-electron chi connectivity index (χ2n) is 5.73. The molecule has 1 fully saturated rings. The first kappa shape index (κ1) is 16.0. The SMILES string of the molecule is Cc1nc(N2CCCC2)nc(NCCN(C)CCO)c1C. The van der Waals surface area contributed by atoms with E-state index < -0.39 is 0 Å². The Labute approximate surface area is 127 Å². The molecule has 0 unspecified atom stereocenters. The number of aromatic nitrogens is 2. The molecule has 0 bridgehead atoms. The third-order valence-corrected chi connectivity index (χ3v) is 4.03. The molecule has 6 nitrogen and oxygen atoms in total. The average molecular weight is 293 g/mol. The Hall–Kier alpha value is -1.40. The predicted octanol–water partition coefficient (Wildman–Crippen LogP) is 1.03. The van der Waals surface area contributed by atoms with Gasteiger partial charge in [-0.15, -0.1) is 0 Å². The number of rotatable bonds is 7. The number of nitrogens with zero attached hydrogens (tertiary/aromatic N) is 4. The van der Waals surface area contributed by atoms with Crippen LogP contribution < -0.4 is 10.2 Å². The van der Waals surface area contributed by atoms with E-state index in [0.717, 1.165) is 49.2 Å². The van der Waals surface area contributed by atoms with Crippen molar-refractivity contribution < 1.29 is 5.11 Å². The van der Waals surface area contributed by atoms with Crippen LogP contribution in [0.25, 0.3) is 0 Å². The number of nitrogens with one attached hydrogen (secondary N) is 1. The third kappa shape index (κ3) is 4.28. The molecule has 0 aliphatic carbocycles. The zero-order chi connectivity index (χ0) is 15.2. The molecule has 6 heteroatoms. The van der Waals surface area contributed by atoms with E-state index in [9.17, 15) is 0 Å². The van der Waals surface area contributed by atoms with Gasteiger partial charge in [0.05, 0.1) is 6.61 Å². The van der Waals surface area contributed by atoms with Gasteiger partial charge in [0.15, 0.2) is 0 Å². The first-order chi connectivity index (χ1) is 10.1. The second-order valence-corrected chi connectivity index (χ2v) is 5.73. The zero-order valence-corrected chi connectivity index (χ0v) is 13.4. The number of aliphatic hydroxyl groups excluding tert-OH is 1. The van der Waals surface area contributed by atoms with E-state index in [4.69, 9.17) is 10.1 Å². The largest absolute Gasteiger partial charge is 0.395 e. The fourth-order valence-corrected chi connectivity index (χ4v) is 2.49. The average Bonchev–Trinajstić information content (AvgIpc) is 2.97. The fraction of sp³-hybridized carbons (Fsp3) is 0.733. The molecule has 1 aliphatic heterocycles. The second kappa shape index (κ2) is 7.56. The smallest absolute Gasteiger partial charge is 0.227 e. The van der Waals surface area contributed by atoms with E-state index in [0.29, 0.717) is 6.54 Å². The third-order valence-electron chi connectivity index (χ3n) is 4.03. The molecular formula is C15H27N5O. The summed E-state index contributed by atoms with van der Waals surface area (Å²) in [5.41, 5.74) is 2.15. The normalized spacial score (nSPS) is 15.0. The Kier molecular flexibility index (Phi) is 5.76. The van der Waals surface area contributed by atoms with Crippen LogP contribution in [0.2, 0.25) is 0 Å². The van der Waals surface area contributed by atoms with Gasteiger partial charge in [0.1, 0.15) is 5.82 Å². The Balaban J connectivity index is 2.00. The Morgan fingerprint density at radius 1 is 1.19 bits per heavy atom. The number of aryl methyl sites for hydroxylation is 1. The van der Waals surface area contributed by atoms with Gasteiger partial charge in [-0.3, -0.25) is 0 Å². The van der Waals surface area contributed by atoms with Gasteiger partial charge in [-0.05, 0) is 33.7 Å². The van der Waals surface area contributed by atoms with Crippen LogP contribution in [-0.4, -0.2) is 66.4 Å². The summed E-state index contributed by atoms with van der Waals surface area (Å²) in [5.74, 6) is 1.78. The maximum atomic E-state index is 8.90. The molecule has 2 heterocycles. The van der Waals surface area contributed by atoms with Crippen molar-refractivity contribution in [3.8, 4) is 0 Å². The lowest BCUT2D eigenvalue weighted by molar-refractivity contribution is 0.225. The van der Waals surface area contributed by atoms with Crippen molar-refractivity contribution in [3.05, 3.63) is 11.3 Å². The van der Waals surface area contributed by atoms with Crippen LogP contribution in [0.4, 0.5) is 11.8 Å². The topological polar surface area (TPSA) is 64.5 Å². The number of hydrogen-bond donors (Lipinski definition) is 2. The molecule has 1 aromatic heterocycles. The first-order valence-electron chi connectivity index (χ1n) is 7.75. The van der Waals surface area contributed by atoms with Crippen molar-refractivity contribution in [2.75, 3.05) is 56.6 Å². The molecule has 1 aliphatic rings. The molecule has 21 heavy (non-hydrogen) atoms. The minimum absolute atomic E-state index is 0.196. The maximum absolute atomic E-state index is 8.90. The van der Waals surface area contributed by atoms with Gasteiger partial charge in [0, 0.05) is 44.0 Å². The molecule has 2 rings (SSSR count). The summed E-state index contributed by atoms with van der Waals surface area (Å²) in [6, 6.07) is 0. The van der Waals surface area contributed by atoms with Crippen LogP contribution in [0.15, 0.2) is 0 Å². The Morgan fingerprint density at radius 2 is 1.90 bits per heavy atom.